The Morgan fingerprint density at radius 2 is 1.54 bits per heavy atom. The molecule has 5 aromatic rings. The minimum Gasteiger partial charge on any atom is -0.491 e. The first-order chi connectivity index (χ1) is 34.2. The van der Waals surface area contributed by atoms with Crippen molar-refractivity contribution in [1.29, 1.82) is 0 Å². The van der Waals surface area contributed by atoms with Gasteiger partial charge in [-0.3, -0.25) is 19.3 Å². The van der Waals surface area contributed by atoms with E-state index in [1.54, 1.807) is 54.6 Å². The molecule has 1 spiro atoms. The van der Waals surface area contributed by atoms with Gasteiger partial charge in [0.25, 0.3) is 0 Å². The first-order valence-electron chi connectivity index (χ1n) is 23.0. The maximum Gasteiger partial charge on any atom is 0.421 e. The molecule has 0 saturated carbocycles. The number of aliphatic hydroxyl groups excluding tert-OH is 1. The number of aliphatic hydroxyl groups is 1. The van der Waals surface area contributed by atoms with E-state index in [2.05, 4.69) is 27.4 Å². The minimum atomic E-state index is -2.17. The maximum absolute atomic E-state index is 16.5. The minimum absolute atomic E-state index is 0.0223. The Morgan fingerprint density at radius 1 is 0.843 bits per heavy atom. The van der Waals surface area contributed by atoms with Crippen molar-refractivity contribution in [2.45, 2.75) is 29.6 Å². The monoisotopic (exact) mass is 948 g/mol. The Balaban J connectivity index is 1.33. The van der Waals surface area contributed by atoms with Crippen LogP contribution in [0.15, 0.2) is 127 Å². The van der Waals surface area contributed by atoms with Crippen molar-refractivity contribution in [3.05, 3.63) is 155 Å². The van der Waals surface area contributed by atoms with E-state index in [-0.39, 0.29) is 50.0 Å². The standard InChI is InChI=1S/C53H52N6O11/c1-66-31-32-69-52(65)58-41-23-18-34(11-10-24-55-51(54)64)33-40(41)53(50(58)63)43(48(61)56-37-19-21-38(22-20-37)57-25-28-67-29-26-57)45-49(62)70-46(36-14-6-3-7-15-36)44(35-12-4-2-5-13-35)59(45)47(53)39-16-8-9-17-42(39)68-30-27-60/h2-9,12-23,33,43-47,60H,24-32H2,1H3,(H,56,61)(H3,54,55,64)/t43-,44-,45-,46+,47+,53-/m0/s1. The van der Waals surface area contributed by atoms with Crippen molar-refractivity contribution in [3.63, 3.8) is 0 Å². The molecule has 3 saturated heterocycles. The fourth-order valence-corrected chi connectivity index (χ4v) is 10.3. The second-order valence-electron chi connectivity index (χ2n) is 17.0. The van der Waals surface area contributed by atoms with Crippen molar-refractivity contribution in [2.24, 2.45) is 11.7 Å². The molecule has 5 amide bonds. The van der Waals surface area contributed by atoms with Crippen LogP contribution in [0.3, 0.4) is 0 Å². The number of esters is 1. The number of fused-ring (bicyclic) bond motifs is 3. The van der Waals surface area contributed by atoms with Crippen molar-refractivity contribution in [3.8, 4) is 17.6 Å². The van der Waals surface area contributed by atoms with Gasteiger partial charge < -0.3 is 50.1 Å². The van der Waals surface area contributed by atoms with Gasteiger partial charge in [0.05, 0.1) is 56.7 Å². The third kappa shape index (κ3) is 8.89. The highest BCUT2D eigenvalue weighted by atomic mass is 16.6. The van der Waals surface area contributed by atoms with E-state index in [9.17, 15) is 14.7 Å². The number of imide groups is 1. The van der Waals surface area contributed by atoms with E-state index >= 15 is 14.4 Å². The molecule has 4 aliphatic heterocycles. The average Bonchev–Trinajstić information content (AvgIpc) is 3.84. The molecule has 3 fully saturated rings. The highest BCUT2D eigenvalue weighted by Gasteiger charge is 2.76. The molecule has 0 aliphatic carbocycles. The summed E-state index contributed by atoms with van der Waals surface area (Å²) in [6, 6.07) is 33.2. The summed E-state index contributed by atoms with van der Waals surface area (Å²) in [6.45, 7) is 1.74. The lowest BCUT2D eigenvalue weighted by molar-refractivity contribution is -0.177. The summed E-state index contributed by atoms with van der Waals surface area (Å²) in [4.78, 5) is 79.0. The topological polar surface area (TPSA) is 212 Å². The molecule has 6 atom stereocenters. The SMILES string of the molecule is COCCOC(=O)N1C(=O)[C@@]2(c3cc(C#CCNC(N)=O)ccc31)[C@H](C(=O)Nc1ccc(N3CCOCC3)cc1)[C@H]1C(=O)O[C@H](c3ccccc3)[C@H](c3ccccc3)N1[C@@H]2c1ccccc1OCCO. The molecule has 70 heavy (non-hydrogen) atoms. The molecule has 4 aliphatic rings. The number of rotatable bonds is 13. The molecule has 360 valence electrons. The van der Waals surface area contributed by atoms with Crippen LogP contribution in [-0.4, -0.2) is 112 Å². The Labute approximate surface area is 404 Å². The molecule has 4 heterocycles. The summed E-state index contributed by atoms with van der Waals surface area (Å²) in [7, 11) is 1.45. The summed E-state index contributed by atoms with van der Waals surface area (Å²) in [5, 5.41) is 15.6. The highest BCUT2D eigenvalue weighted by molar-refractivity contribution is 6.24. The number of anilines is 3. The summed E-state index contributed by atoms with van der Waals surface area (Å²) in [5.74, 6) is 2.16. The summed E-state index contributed by atoms with van der Waals surface area (Å²) < 4.78 is 29.3. The second kappa shape index (κ2) is 20.9. The smallest absolute Gasteiger partial charge is 0.421 e. The number of carbonyl (C=O) groups excluding carboxylic acids is 5. The van der Waals surface area contributed by atoms with Gasteiger partial charge in [0.1, 0.15) is 36.5 Å². The molecule has 9 rings (SSSR count). The number of para-hydroxylation sites is 1. The number of benzene rings is 5. The number of nitrogens with zero attached hydrogens (tertiary/aromatic N) is 3. The van der Waals surface area contributed by atoms with Gasteiger partial charge in [-0.1, -0.05) is 90.7 Å². The van der Waals surface area contributed by atoms with Crippen molar-refractivity contribution < 1.29 is 52.8 Å². The predicted molar refractivity (Wildman–Crippen MR) is 257 cm³/mol. The van der Waals surface area contributed by atoms with Gasteiger partial charge in [-0.25, -0.2) is 14.5 Å². The van der Waals surface area contributed by atoms with Gasteiger partial charge >= 0.3 is 18.1 Å². The number of methoxy groups -OCH3 is 1. The van der Waals surface area contributed by atoms with Crippen LogP contribution in [-0.2, 0) is 38.7 Å². The summed E-state index contributed by atoms with van der Waals surface area (Å²) in [6.07, 6.45) is -2.02. The zero-order valence-electron chi connectivity index (χ0n) is 38.3. The highest BCUT2D eigenvalue weighted by Crippen LogP contribution is 2.66. The molecule has 5 N–H and O–H groups in total. The number of morpholine rings is 2. The van der Waals surface area contributed by atoms with Gasteiger partial charge in [0, 0.05) is 42.7 Å². The van der Waals surface area contributed by atoms with Crippen molar-refractivity contribution >= 4 is 47.0 Å². The number of nitrogens with one attached hydrogen (secondary N) is 2. The molecule has 0 radical (unpaired) electrons. The summed E-state index contributed by atoms with van der Waals surface area (Å²) >= 11 is 0. The number of amides is 5. The van der Waals surface area contributed by atoms with Gasteiger partial charge in [-0.05, 0) is 65.2 Å². The lowest BCUT2D eigenvalue weighted by Crippen LogP contribution is -2.54. The summed E-state index contributed by atoms with van der Waals surface area (Å²) in [5.41, 5.74) is 6.81. The molecular weight excluding hydrogens is 897 g/mol. The molecular formula is C53H52N6O11. The number of hydrogen-bond donors (Lipinski definition) is 4. The average molecular weight is 949 g/mol. The van der Waals surface area contributed by atoms with E-state index in [1.807, 2.05) is 77.7 Å². The molecule has 17 nitrogen and oxygen atoms in total. The number of ether oxygens (including phenoxy) is 5. The number of cyclic esters (lactones) is 1. The second-order valence-corrected chi connectivity index (χ2v) is 17.0. The third-order valence-electron chi connectivity index (χ3n) is 13.1. The molecule has 5 aromatic carbocycles. The largest absolute Gasteiger partial charge is 0.491 e. The van der Waals surface area contributed by atoms with Crippen LogP contribution in [0.25, 0.3) is 0 Å². The number of hydrogen-bond acceptors (Lipinski definition) is 13. The first kappa shape index (κ1) is 47.3. The molecule has 17 heteroatoms. The fraction of sp³-hybridized carbons (Fsp3) is 0.302. The van der Waals surface area contributed by atoms with Gasteiger partial charge in [0.2, 0.25) is 11.8 Å². The van der Waals surface area contributed by atoms with Crippen LogP contribution >= 0.6 is 0 Å². The Hall–Kier alpha value is -7.75. The number of carbonyl (C=O) groups is 5. The molecule has 0 aromatic heterocycles. The van der Waals surface area contributed by atoms with E-state index < -0.39 is 65.5 Å². The lowest BCUT2D eigenvalue weighted by atomic mass is 9.65. The zero-order valence-corrected chi connectivity index (χ0v) is 38.3. The number of primary amides is 1. The van der Waals surface area contributed by atoms with Crippen LogP contribution in [0.5, 0.6) is 5.75 Å². The van der Waals surface area contributed by atoms with Crippen LogP contribution in [0, 0.1) is 17.8 Å². The van der Waals surface area contributed by atoms with Gasteiger partial charge in [-0.2, -0.15) is 0 Å². The van der Waals surface area contributed by atoms with Crippen LogP contribution in [0.2, 0.25) is 0 Å². The van der Waals surface area contributed by atoms with E-state index in [1.165, 1.54) is 7.11 Å². The lowest BCUT2D eigenvalue weighted by Gasteiger charge is -2.46. The van der Waals surface area contributed by atoms with E-state index in [0.29, 0.717) is 54.2 Å². The quantitative estimate of drug-likeness (QED) is 0.0697. The Morgan fingerprint density at radius 3 is 2.24 bits per heavy atom. The van der Waals surface area contributed by atoms with Crippen LogP contribution in [0.1, 0.15) is 46.0 Å². The van der Waals surface area contributed by atoms with E-state index in [4.69, 9.17) is 29.4 Å². The third-order valence-corrected chi connectivity index (χ3v) is 13.1. The number of urea groups is 1. The Kier molecular flexibility index (Phi) is 14.1. The zero-order chi connectivity index (χ0) is 48.8. The van der Waals surface area contributed by atoms with Crippen LogP contribution < -0.4 is 30.9 Å². The van der Waals surface area contributed by atoms with Crippen LogP contribution in [0.4, 0.5) is 26.7 Å². The van der Waals surface area contributed by atoms with Crippen molar-refractivity contribution in [2.75, 3.05) is 81.5 Å². The molecule has 0 unspecified atom stereocenters. The van der Waals surface area contributed by atoms with Gasteiger partial charge in [-0.15, -0.1) is 0 Å². The van der Waals surface area contributed by atoms with Crippen molar-refractivity contribution in [1.82, 2.24) is 10.2 Å². The van der Waals surface area contributed by atoms with Gasteiger partial charge in [0.15, 0.2) is 0 Å². The first-order valence-corrected chi connectivity index (χ1v) is 23.0. The molecule has 0 bridgehead atoms. The normalized spacial score (nSPS) is 22.6. The number of nitrogens with two attached hydrogens (primary N) is 1. The fourth-order valence-electron chi connectivity index (χ4n) is 10.3. The maximum atomic E-state index is 16.5. The Bertz CT molecular complexity index is 2800. The predicted octanol–water partition coefficient (Wildman–Crippen LogP) is 5.00. The van der Waals surface area contributed by atoms with E-state index in [0.717, 1.165) is 10.6 Å².